The molecule has 0 amide bonds. The summed E-state index contributed by atoms with van der Waals surface area (Å²) in [6.45, 7) is 7.55. The number of allylic oxidation sites excluding steroid dienone is 2. The highest BCUT2D eigenvalue weighted by Gasteiger charge is 2.57. The molecule has 6 atom stereocenters. The standard InChI is InChI=1S/C27H39N/c1-4-19-16-20(18-28-17-19)23-11-12-24-22-10-9-21-8-6-5-7-14-26(21,2)25(22)13-15-27(23,24)3/h11,16-18,21-22,24-25H,4-10,12-15H2,1-3H3. The van der Waals surface area contributed by atoms with E-state index in [1.165, 1.54) is 75.3 Å². The van der Waals surface area contributed by atoms with Crippen molar-refractivity contribution in [1.82, 2.24) is 4.98 Å². The van der Waals surface area contributed by atoms with Gasteiger partial charge in [0.25, 0.3) is 0 Å². The highest BCUT2D eigenvalue weighted by Crippen LogP contribution is 2.67. The van der Waals surface area contributed by atoms with Crippen LogP contribution in [0.1, 0.15) is 96.1 Å². The van der Waals surface area contributed by atoms with E-state index in [2.05, 4.69) is 44.1 Å². The van der Waals surface area contributed by atoms with Gasteiger partial charge in [-0.25, -0.2) is 0 Å². The molecule has 3 saturated carbocycles. The Bertz CT molecular complexity index is 763. The minimum absolute atomic E-state index is 0.378. The number of nitrogens with zero attached hydrogens (tertiary/aromatic N) is 1. The molecule has 1 aromatic heterocycles. The minimum Gasteiger partial charge on any atom is -0.264 e. The molecule has 152 valence electrons. The highest BCUT2D eigenvalue weighted by molar-refractivity contribution is 5.72. The first-order valence-corrected chi connectivity index (χ1v) is 12.2. The molecule has 1 aromatic rings. The fraction of sp³-hybridized carbons (Fsp3) is 0.741. The zero-order chi connectivity index (χ0) is 19.4. The number of pyridine rings is 1. The molecule has 0 bridgehead atoms. The fourth-order valence-electron chi connectivity index (χ4n) is 8.32. The number of aryl methyl sites for hydroxylation is 1. The van der Waals surface area contributed by atoms with E-state index >= 15 is 0 Å². The van der Waals surface area contributed by atoms with E-state index in [4.69, 9.17) is 0 Å². The van der Waals surface area contributed by atoms with E-state index in [1.807, 2.05) is 6.20 Å². The van der Waals surface area contributed by atoms with Crippen LogP contribution in [0, 0.1) is 34.5 Å². The lowest BCUT2D eigenvalue weighted by Gasteiger charge is -2.59. The zero-order valence-corrected chi connectivity index (χ0v) is 18.3. The van der Waals surface area contributed by atoms with Gasteiger partial charge in [-0.3, -0.25) is 4.98 Å². The Balaban J connectivity index is 1.44. The second-order valence-corrected chi connectivity index (χ2v) is 11.0. The maximum Gasteiger partial charge on any atom is 0.0343 e. The van der Waals surface area contributed by atoms with Crippen molar-refractivity contribution >= 4 is 5.57 Å². The van der Waals surface area contributed by atoms with Crippen molar-refractivity contribution in [1.29, 1.82) is 0 Å². The molecular formula is C27H39N. The second kappa shape index (κ2) is 6.99. The van der Waals surface area contributed by atoms with E-state index in [9.17, 15) is 0 Å². The maximum atomic E-state index is 4.58. The van der Waals surface area contributed by atoms with E-state index in [0.29, 0.717) is 10.8 Å². The predicted molar refractivity (Wildman–Crippen MR) is 118 cm³/mol. The number of aromatic nitrogens is 1. The Labute approximate surface area is 172 Å². The van der Waals surface area contributed by atoms with E-state index in [-0.39, 0.29) is 0 Å². The lowest BCUT2D eigenvalue weighted by atomic mass is 9.46. The third kappa shape index (κ3) is 2.75. The maximum absolute atomic E-state index is 4.58. The summed E-state index contributed by atoms with van der Waals surface area (Å²) in [4.78, 5) is 4.58. The average Bonchev–Trinajstić information content (AvgIpc) is 2.94. The van der Waals surface area contributed by atoms with Crippen molar-refractivity contribution in [2.24, 2.45) is 34.5 Å². The summed E-state index contributed by atoms with van der Waals surface area (Å²) in [7, 11) is 0. The number of fused-ring (bicyclic) bond motifs is 5. The SMILES string of the molecule is CCc1cncc(C2=CCC3C4CCC5CCCCCC5(C)C4CCC23C)c1. The monoisotopic (exact) mass is 377 g/mol. The van der Waals surface area contributed by atoms with Crippen LogP contribution in [0.5, 0.6) is 0 Å². The summed E-state index contributed by atoms with van der Waals surface area (Å²) < 4.78 is 0. The van der Waals surface area contributed by atoms with Gasteiger partial charge >= 0.3 is 0 Å². The molecule has 5 rings (SSSR count). The fourth-order valence-corrected chi connectivity index (χ4v) is 8.32. The van der Waals surface area contributed by atoms with Crippen LogP contribution in [-0.4, -0.2) is 4.98 Å². The van der Waals surface area contributed by atoms with Crippen LogP contribution in [0.2, 0.25) is 0 Å². The van der Waals surface area contributed by atoms with Crippen LogP contribution in [-0.2, 0) is 6.42 Å². The van der Waals surface area contributed by atoms with Gasteiger partial charge in [0.2, 0.25) is 0 Å². The Kier molecular flexibility index (Phi) is 4.72. The first-order chi connectivity index (χ1) is 13.6. The number of rotatable bonds is 2. The van der Waals surface area contributed by atoms with E-state index < -0.39 is 0 Å². The van der Waals surface area contributed by atoms with Crippen LogP contribution in [0.3, 0.4) is 0 Å². The van der Waals surface area contributed by atoms with Gasteiger partial charge in [-0.1, -0.05) is 46.1 Å². The molecule has 0 spiro atoms. The molecule has 6 unspecified atom stereocenters. The van der Waals surface area contributed by atoms with Gasteiger partial charge in [0.1, 0.15) is 0 Å². The third-order valence-electron chi connectivity index (χ3n) is 9.93. The normalized spacial score (nSPS) is 42.8. The molecule has 28 heavy (non-hydrogen) atoms. The summed E-state index contributed by atoms with van der Waals surface area (Å²) in [6, 6.07) is 2.42. The molecule has 0 radical (unpaired) electrons. The summed E-state index contributed by atoms with van der Waals surface area (Å²) in [6.07, 6.45) is 22.5. The summed E-state index contributed by atoms with van der Waals surface area (Å²) in [5.74, 6) is 3.82. The van der Waals surface area contributed by atoms with Crippen LogP contribution < -0.4 is 0 Å². The molecule has 0 aromatic carbocycles. The van der Waals surface area contributed by atoms with Crippen LogP contribution >= 0.6 is 0 Å². The Morgan fingerprint density at radius 2 is 1.86 bits per heavy atom. The van der Waals surface area contributed by atoms with Crippen LogP contribution in [0.4, 0.5) is 0 Å². The van der Waals surface area contributed by atoms with Gasteiger partial charge in [-0.2, -0.15) is 0 Å². The first-order valence-electron chi connectivity index (χ1n) is 12.2. The van der Waals surface area contributed by atoms with Crippen LogP contribution in [0.25, 0.3) is 5.57 Å². The summed E-state index contributed by atoms with van der Waals surface area (Å²) in [5, 5.41) is 0. The lowest BCUT2D eigenvalue weighted by Crippen LogP contribution is -2.51. The molecule has 3 fully saturated rings. The Morgan fingerprint density at radius 1 is 0.964 bits per heavy atom. The molecule has 0 aliphatic heterocycles. The first kappa shape index (κ1) is 18.9. The topological polar surface area (TPSA) is 12.9 Å². The van der Waals surface area contributed by atoms with Crippen molar-refractivity contribution in [3.05, 3.63) is 35.7 Å². The van der Waals surface area contributed by atoms with Crippen LogP contribution in [0.15, 0.2) is 24.5 Å². The Hall–Kier alpha value is -1.11. The lowest BCUT2D eigenvalue weighted by molar-refractivity contribution is -0.0808. The third-order valence-corrected chi connectivity index (χ3v) is 9.93. The van der Waals surface area contributed by atoms with E-state index in [0.717, 1.165) is 30.1 Å². The van der Waals surface area contributed by atoms with Gasteiger partial charge in [0.15, 0.2) is 0 Å². The molecule has 4 aliphatic rings. The van der Waals surface area contributed by atoms with Crippen molar-refractivity contribution < 1.29 is 0 Å². The molecule has 1 heterocycles. The van der Waals surface area contributed by atoms with E-state index in [1.54, 1.807) is 5.57 Å². The van der Waals surface area contributed by atoms with Crippen molar-refractivity contribution in [2.75, 3.05) is 0 Å². The molecular weight excluding hydrogens is 338 g/mol. The molecule has 1 heteroatoms. The van der Waals surface area contributed by atoms with Crippen molar-refractivity contribution in [3.63, 3.8) is 0 Å². The van der Waals surface area contributed by atoms with Crippen molar-refractivity contribution in [2.45, 2.75) is 91.4 Å². The smallest absolute Gasteiger partial charge is 0.0343 e. The van der Waals surface area contributed by atoms with Gasteiger partial charge in [-0.15, -0.1) is 0 Å². The van der Waals surface area contributed by atoms with Gasteiger partial charge < -0.3 is 0 Å². The predicted octanol–water partition coefficient (Wildman–Crippen LogP) is 7.46. The Morgan fingerprint density at radius 3 is 2.71 bits per heavy atom. The van der Waals surface area contributed by atoms with Gasteiger partial charge in [0, 0.05) is 12.4 Å². The molecule has 1 nitrogen and oxygen atoms in total. The number of hydrogen-bond acceptors (Lipinski definition) is 1. The number of hydrogen-bond donors (Lipinski definition) is 0. The summed E-state index contributed by atoms with van der Waals surface area (Å²) >= 11 is 0. The molecule has 0 saturated heterocycles. The minimum atomic E-state index is 0.378. The second-order valence-electron chi connectivity index (χ2n) is 11.0. The van der Waals surface area contributed by atoms with Gasteiger partial charge in [0.05, 0.1) is 0 Å². The van der Waals surface area contributed by atoms with Gasteiger partial charge in [-0.05, 0) is 109 Å². The van der Waals surface area contributed by atoms with Crippen molar-refractivity contribution in [3.8, 4) is 0 Å². The highest BCUT2D eigenvalue weighted by atomic mass is 14.6. The summed E-state index contributed by atoms with van der Waals surface area (Å²) in [5.41, 5.74) is 5.44. The average molecular weight is 378 g/mol. The quantitative estimate of drug-likeness (QED) is 0.521. The largest absolute Gasteiger partial charge is 0.264 e. The molecule has 0 N–H and O–H groups in total. The molecule has 4 aliphatic carbocycles. The zero-order valence-electron chi connectivity index (χ0n) is 18.3.